The monoisotopic (exact) mass is 343 g/mol. The number of aromatic nitrogens is 1. The van der Waals surface area contributed by atoms with Gasteiger partial charge < -0.3 is 5.32 Å². The number of amides is 1. The van der Waals surface area contributed by atoms with E-state index in [2.05, 4.69) is 46.4 Å². The molecule has 1 saturated heterocycles. The fourth-order valence-electron chi connectivity index (χ4n) is 3.14. The van der Waals surface area contributed by atoms with Gasteiger partial charge in [-0.3, -0.25) is 14.7 Å². The van der Waals surface area contributed by atoms with Crippen LogP contribution in [0.1, 0.15) is 27.9 Å². The Labute approximate surface area is 147 Å². The molecule has 1 aromatic carbocycles. The lowest BCUT2D eigenvalue weighted by Crippen LogP contribution is -2.31. The molecule has 1 aromatic heterocycles. The van der Waals surface area contributed by atoms with Crippen molar-refractivity contribution >= 4 is 17.5 Å². The summed E-state index contributed by atoms with van der Waals surface area (Å²) >= 11 is 6.01. The van der Waals surface area contributed by atoms with Gasteiger partial charge in [0.1, 0.15) is 0 Å². The molecule has 4 nitrogen and oxygen atoms in total. The molecule has 1 atom stereocenters. The average Bonchev–Trinajstić information content (AvgIpc) is 3.03. The lowest BCUT2D eigenvalue weighted by molar-refractivity contribution is 0.0947. The SMILES string of the molecule is Cc1ccccc1CN1CC[C@@H](CNC(=O)c2ccncc2Cl)C1. The highest BCUT2D eigenvalue weighted by molar-refractivity contribution is 6.33. The first-order valence-electron chi connectivity index (χ1n) is 8.28. The standard InChI is InChI=1S/C19H22ClN3O/c1-14-4-2-3-5-16(14)13-23-9-7-15(12-23)10-22-19(24)17-6-8-21-11-18(17)20/h2-6,8,11,15H,7,9-10,12-13H2,1H3,(H,22,24)/t15-/m0/s1. The number of aryl methyl sites for hydroxylation is 1. The van der Waals surface area contributed by atoms with Crippen LogP contribution < -0.4 is 5.32 Å². The number of hydrogen-bond donors (Lipinski definition) is 1. The van der Waals surface area contributed by atoms with Crippen molar-refractivity contribution in [3.05, 3.63) is 64.4 Å². The van der Waals surface area contributed by atoms with Crippen LogP contribution in [0.2, 0.25) is 5.02 Å². The summed E-state index contributed by atoms with van der Waals surface area (Å²) in [5, 5.41) is 3.39. The van der Waals surface area contributed by atoms with Gasteiger partial charge in [-0.1, -0.05) is 35.9 Å². The van der Waals surface area contributed by atoms with Crippen LogP contribution in [0.15, 0.2) is 42.7 Å². The molecule has 0 aliphatic carbocycles. The fourth-order valence-corrected chi connectivity index (χ4v) is 3.35. The molecule has 1 N–H and O–H groups in total. The molecule has 0 saturated carbocycles. The Morgan fingerprint density at radius 2 is 2.21 bits per heavy atom. The van der Waals surface area contributed by atoms with E-state index in [-0.39, 0.29) is 5.91 Å². The molecule has 5 heteroatoms. The topological polar surface area (TPSA) is 45.2 Å². The van der Waals surface area contributed by atoms with Crippen LogP contribution in [0.5, 0.6) is 0 Å². The molecule has 0 spiro atoms. The van der Waals surface area contributed by atoms with Crippen molar-refractivity contribution in [2.24, 2.45) is 5.92 Å². The maximum absolute atomic E-state index is 12.2. The van der Waals surface area contributed by atoms with Crippen LogP contribution in [-0.4, -0.2) is 35.4 Å². The number of nitrogens with zero attached hydrogens (tertiary/aromatic N) is 2. The third-order valence-electron chi connectivity index (χ3n) is 4.59. The molecule has 2 heterocycles. The number of rotatable bonds is 5. The fraction of sp³-hybridized carbons (Fsp3) is 0.368. The average molecular weight is 344 g/mol. The highest BCUT2D eigenvalue weighted by Crippen LogP contribution is 2.20. The Hall–Kier alpha value is -1.91. The third kappa shape index (κ3) is 4.13. The Morgan fingerprint density at radius 1 is 1.38 bits per heavy atom. The summed E-state index contributed by atoms with van der Waals surface area (Å²) in [6.07, 6.45) is 4.19. The zero-order valence-corrected chi connectivity index (χ0v) is 14.6. The first-order valence-corrected chi connectivity index (χ1v) is 8.66. The van der Waals surface area contributed by atoms with Crippen molar-refractivity contribution < 1.29 is 4.79 Å². The Morgan fingerprint density at radius 3 is 3.00 bits per heavy atom. The van der Waals surface area contributed by atoms with Gasteiger partial charge in [-0.2, -0.15) is 0 Å². The largest absolute Gasteiger partial charge is 0.352 e. The molecule has 24 heavy (non-hydrogen) atoms. The zero-order valence-electron chi connectivity index (χ0n) is 13.8. The molecular weight excluding hydrogens is 322 g/mol. The van der Waals surface area contributed by atoms with E-state index in [4.69, 9.17) is 11.6 Å². The molecule has 1 aliphatic rings. The molecule has 0 radical (unpaired) electrons. The van der Waals surface area contributed by atoms with Crippen molar-refractivity contribution in [2.75, 3.05) is 19.6 Å². The highest BCUT2D eigenvalue weighted by atomic mass is 35.5. The first kappa shape index (κ1) is 16.9. The van der Waals surface area contributed by atoms with E-state index in [1.807, 2.05) is 0 Å². The van der Waals surface area contributed by atoms with Gasteiger partial charge in [0.2, 0.25) is 0 Å². The molecule has 1 amide bonds. The number of hydrogen-bond acceptors (Lipinski definition) is 3. The minimum Gasteiger partial charge on any atom is -0.352 e. The lowest BCUT2D eigenvalue weighted by atomic mass is 10.1. The first-order chi connectivity index (χ1) is 11.6. The van der Waals surface area contributed by atoms with Crippen LogP contribution >= 0.6 is 11.6 Å². The van der Waals surface area contributed by atoms with Crippen molar-refractivity contribution in [1.82, 2.24) is 15.2 Å². The van der Waals surface area contributed by atoms with Gasteiger partial charge in [-0.05, 0) is 43.0 Å². The summed E-state index contributed by atoms with van der Waals surface area (Å²) in [5.74, 6) is 0.360. The number of carbonyl (C=O) groups is 1. The van der Waals surface area contributed by atoms with E-state index in [0.717, 1.165) is 26.1 Å². The van der Waals surface area contributed by atoms with Crippen LogP contribution in [0.3, 0.4) is 0 Å². The zero-order chi connectivity index (χ0) is 16.9. The molecule has 1 fully saturated rings. The number of benzene rings is 1. The summed E-state index contributed by atoms with van der Waals surface area (Å²) in [7, 11) is 0. The van der Waals surface area contributed by atoms with Crippen LogP contribution in [-0.2, 0) is 6.54 Å². The second kappa shape index (κ2) is 7.77. The summed E-state index contributed by atoms with van der Waals surface area (Å²) in [4.78, 5) is 18.6. The molecule has 1 aliphatic heterocycles. The molecule has 0 unspecified atom stereocenters. The van der Waals surface area contributed by atoms with Gasteiger partial charge in [-0.25, -0.2) is 0 Å². The number of pyridine rings is 1. The smallest absolute Gasteiger partial charge is 0.252 e. The van der Waals surface area contributed by atoms with Gasteiger partial charge in [0.25, 0.3) is 5.91 Å². The molecule has 2 aromatic rings. The normalized spacial score (nSPS) is 17.8. The summed E-state index contributed by atoms with van der Waals surface area (Å²) in [5.41, 5.74) is 3.20. The number of likely N-dealkylation sites (tertiary alicyclic amines) is 1. The van der Waals surface area contributed by atoms with Crippen molar-refractivity contribution in [3.8, 4) is 0 Å². The molecular formula is C19H22ClN3O. The van der Waals surface area contributed by atoms with E-state index in [1.165, 1.54) is 17.3 Å². The molecule has 0 bridgehead atoms. The van der Waals surface area contributed by atoms with Gasteiger partial charge in [0, 0.05) is 32.0 Å². The summed E-state index contributed by atoms with van der Waals surface area (Å²) in [6.45, 7) is 5.90. The van der Waals surface area contributed by atoms with E-state index in [9.17, 15) is 4.79 Å². The Bertz CT molecular complexity index is 719. The third-order valence-corrected chi connectivity index (χ3v) is 4.89. The Kier molecular flexibility index (Phi) is 5.48. The van der Waals surface area contributed by atoms with Crippen LogP contribution in [0.25, 0.3) is 0 Å². The number of nitrogens with one attached hydrogen (secondary N) is 1. The predicted octanol–water partition coefficient (Wildman–Crippen LogP) is 3.30. The van der Waals surface area contributed by atoms with E-state index in [0.29, 0.717) is 23.0 Å². The second-order valence-electron chi connectivity index (χ2n) is 6.38. The van der Waals surface area contributed by atoms with E-state index >= 15 is 0 Å². The van der Waals surface area contributed by atoms with E-state index < -0.39 is 0 Å². The lowest BCUT2D eigenvalue weighted by Gasteiger charge is -2.17. The maximum atomic E-state index is 12.2. The number of halogens is 1. The van der Waals surface area contributed by atoms with Gasteiger partial charge >= 0.3 is 0 Å². The van der Waals surface area contributed by atoms with Crippen molar-refractivity contribution in [2.45, 2.75) is 19.9 Å². The highest BCUT2D eigenvalue weighted by Gasteiger charge is 2.23. The van der Waals surface area contributed by atoms with Gasteiger partial charge in [0.15, 0.2) is 0 Å². The summed E-state index contributed by atoms with van der Waals surface area (Å²) < 4.78 is 0. The van der Waals surface area contributed by atoms with Crippen molar-refractivity contribution in [1.29, 1.82) is 0 Å². The molecule has 126 valence electrons. The Balaban J connectivity index is 1.49. The maximum Gasteiger partial charge on any atom is 0.252 e. The van der Waals surface area contributed by atoms with Crippen LogP contribution in [0.4, 0.5) is 0 Å². The molecule has 3 rings (SSSR count). The quantitative estimate of drug-likeness (QED) is 0.906. The minimum atomic E-state index is -0.125. The van der Waals surface area contributed by atoms with Crippen molar-refractivity contribution in [3.63, 3.8) is 0 Å². The number of carbonyl (C=O) groups excluding carboxylic acids is 1. The second-order valence-corrected chi connectivity index (χ2v) is 6.79. The minimum absolute atomic E-state index is 0.125. The predicted molar refractivity (Wildman–Crippen MR) is 96.1 cm³/mol. The van der Waals surface area contributed by atoms with Crippen LogP contribution in [0, 0.1) is 12.8 Å². The summed E-state index contributed by atoms with van der Waals surface area (Å²) in [6, 6.07) is 10.2. The van der Waals surface area contributed by atoms with Gasteiger partial charge in [-0.15, -0.1) is 0 Å². The van der Waals surface area contributed by atoms with E-state index in [1.54, 1.807) is 12.3 Å². The van der Waals surface area contributed by atoms with Gasteiger partial charge in [0.05, 0.1) is 10.6 Å².